The van der Waals surface area contributed by atoms with Crippen LogP contribution in [0.3, 0.4) is 0 Å². The Morgan fingerprint density at radius 3 is 2.37 bits per heavy atom. The number of carbonyl (C=O) groups excluding carboxylic acids is 1. The van der Waals surface area contributed by atoms with Crippen LogP contribution in [0, 0.1) is 3.57 Å². The predicted octanol–water partition coefficient (Wildman–Crippen LogP) is 5.84. The lowest BCUT2D eigenvalue weighted by molar-refractivity contribution is -0.138. The molecule has 1 aromatic heterocycles. The molecule has 0 fully saturated rings. The Morgan fingerprint density at radius 2 is 1.67 bits per heavy atom. The number of methoxy groups -OCH3 is 3. The molecule has 4 aromatic carbocycles. The van der Waals surface area contributed by atoms with Crippen LogP contribution in [0.4, 0.5) is 0 Å². The highest BCUT2D eigenvalue weighted by Crippen LogP contribution is 2.39. The maximum absolute atomic E-state index is 14.4. The first kappa shape index (κ1) is 36.4. The number of halogens is 1. The van der Waals surface area contributed by atoms with Crippen molar-refractivity contribution in [2.45, 2.75) is 19.6 Å². The summed E-state index contributed by atoms with van der Waals surface area (Å²) in [5.74, 6) is 0.216. The number of thiazole rings is 1. The lowest BCUT2D eigenvalue weighted by Gasteiger charge is -2.26. The molecular weight excluding hydrogens is 799 g/mol. The first-order valence-corrected chi connectivity index (χ1v) is 17.9. The van der Waals surface area contributed by atoms with Crippen LogP contribution in [0.2, 0.25) is 0 Å². The molecule has 0 saturated heterocycles. The zero-order valence-corrected chi connectivity index (χ0v) is 31.5. The van der Waals surface area contributed by atoms with Crippen molar-refractivity contribution in [3.05, 3.63) is 142 Å². The summed E-state index contributed by atoms with van der Waals surface area (Å²) >= 11 is 3.33. The number of aromatic nitrogens is 1. The summed E-state index contributed by atoms with van der Waals surface area (Å²) in [5, 5.41) is 9.36. The molecule has 0 unspecified atom stereocenters. The van der Waals surface area contributed by atoms with Crippen molar-refractivity contribution in [2.75, 3.05) is 27.9 Å². The van der Waals surface area contributed by atoms with Gasteiger partial charge in [0, 0.05) is 5.56 Å². The second-order valence-electron chi connectivity index (χ2n) is 11.4. The monoisotopic (exact) mass is 832 g/mol. The summed E-state index contributed by atoms with van der Waals surface area (Å²) in [6, 6.07) is 23.8. The molecule has 1 atom stereocenters. The summed E-state index contributed by atoms with van der Waals surface area (Å²) in [4.78, 5) is 45.0. The summed E-state index contributed by atoms with van der Waals surface area (Å²) in [7, 11) is 4.58. The van der Waals surface area contributed by atoms with Gasteiger partial charge in [-0.15, -0.1) is 0 Å². The molecule has 0 amide bonds. The minimum absolute atomic E-state index is 0.119. The number of esters is 1. The summed E-state index contributed by atoms with van der Waals surface area (Å²) < 4.78 is 31.0. The standard InChI is InChI=1S/C39H33IN2O9S/c1-5-50-38(46)32-33(24-11-7-6-8-12-24)41-39-42(34(32)25-14-15-28(47-2)29(20-25)48-3)36(43)31(52-39)19-23-17-27(40)35(30(18-23)49-4)51-21-22-10-9-13-26(16-22)37(44)45/h6-20,34H,5,21H2,1-4H3,(H,44,45)/b31-19-/t34-/m1/s1. The molecule has 6 rings (SSSR count). The lowest BCUT2D eigenvalue weighted by Crippen LogP contribution is -2.40. The Bertz CT molecular complexity index is 2390. The van der Waals surface area contributed by atoms with Crippen LogP contribution in [0.15, 0.2) is 100 Å². The van der Waals surface area contributed by atoms with Gasteiger partial charge in [-0.25, -0.2) is 14.6 Å². The van der Waals surface area contributed by atoms with Crippen LogP contribution in [-0.4, -0.2) is 49.5 Å². The van der Waals surface area contributed by atoms with Crippen molar-refractivity contribution < 1.29 is 38.4 Å². The van der Waals surface area contributed by atoms with E-state index in [0.29, 0.717) is 63.9 Å². The van der Waals surface area contributed by atoms with E-state index in [9.17, 15) is 19.5 Å². The van der Waals surface area contributed by atoms with Gasteiger partial charge in [0.05, 0.1) is 58.9 Å². The number of carbonyl (C=O) groups is 2. The Morgan fingerprint density at radius 1 is 0.923 bits per heavy atom. The topological polar surface area (TPSA) is 135 Å². The van der Waals surface area contributed by atoms with Crippen molar-refractivity contribution in [1.82, 2.24) is 4.57 Å². The number of hydrogen-bond donors (Lipinski definition) is 1. The van der Waals surface area contributed by atoms with Crippen LogP contribution in [0.1, 0.15) is 45.6 Å². The molecule has 0 radical (unpaired) electrons. The Hall–Kier alpha value is -5.41. The van der Waals surface area contributed by atoms with Gasteiger partial charge in [-0.2, -0.15) is 0 Å². The zero-order chi connectivity index (χ0) is 36.9. The number of aromatic carboxylic acids is 1. The molecular formula is C39H33IN2O9S. The quantitative estimate of drug-likeness (QED) is 0.122. The number of rotatable bonds is 12. The minimum Gasteiger partial charge on any atom is -0.493 e. The Kier molecular flexibility index (Phi) is 11.1. The molecule has 266 valence electrons. The van der Waals surface area contributed by atoms with Gasteiger partial charge in [-0.3, -0.25) is 9.36 Å². The van der Waals surface area contributed by atoms with Crippen molar-refractivity contribution in [2.24, 2.45) is 4.99 Å². The Labute approximate surface area is 316 Å². The largest absolute Gasteiger partial charge is 0.493 e. The third-order valence-corrected chi connectivity index (χ3v) is 9.99. The fourth-order valence-electron chi connectivity index (χ4n) is 5.84. The van der Waals surface area contributed by atoms with Crippen molar-refractivity contribution in [3.8, 4) is 23.0 Å². The number of fused-ring (bicyclic) bond motifs is 1. The third-order valence-electron chi connectivity index (χ3n) is 8.20. The number of carboxylic acid groups (broad SMARTS) is 1. The number of carboxylic acids is 1. The third kappa shape index (κ3) is 7.32. The maximum atomic E-state index is 14.4. The molecule has 1 aliphatic heterocycles. The van der Waals surface area contributed by atoms with E-state index >= 15 is 0 Å². The molecule has 0 aliphatic carbocycles. The van der Waals surface area contributed by atoms with Crippen LogP contribution in [0.25, 0.3) is 11.8 Å². The zero-order valence-electron chi connectivity index (χ0n) is 28.5. The van der Waals surface area contributed by atoms with Gasteiger partial charge in [0.2, 0.25) is 0 Å². The van der Waals surface area contributed by atoms with E-state index < -0.39 is 18.0 Å². The van der Waals surface area contributed by atoms with E-state index in [-0.39, 0.29) is 29.9 Å². The number of benzene rings is 4. The molecule has 2 heterocycles. The molecule has 1 aliphatic rings. The van der Waals surface area contributed by atoms with Gasteiger partial charge in [0.25, 0.3) is 5.56 Å². The normalized spacial score (nSPS) is 13.9. The van der Waals surface area contributed by atoms with Gasteiger partial charge in [-0.1, -0.05) is 59.9 Å². The predicted molar refractivity (Wildman–Crippen MR) is 204 cm³/mol. The van der Waals surface area contributed by atoms with Gasteiger partial charge in [-0.05, 0) is 88.7 Å². The highest BCUT2D eigenvalue weighted by molar-refractivity contribution is 14.1. The second-order valence-corrected chi connectivity index (χ2v) is 13.5. The summed E-state index contributed by atoms with van der Waals surface area (Å²) in [5.41, 5.74) is 3.07. The van der Waals surface area contributed by atoms with Crippen molar-refractivity contribution >= 4 is 57.6 Å². The molecule has 11 nitrogen and oxygen atoms in total. The van der Waals surface area contributed by atoms with Crippen molar-refractivity contribution in [3.63, 3.8) is 0 Å². The number of hydrogen-bond acceptors (Lipinski definition) is 10. The van der Waals surface area contributed by atoms with Gasteiger partial charge in [0.15, 0.2) is 27.8 Å². The molecule has 0 saturated carbocycles. The number of nitrogens with zero attached hydrogens (tertiary/aromatic N) is 2. The molecule has 1 N–H and O–H groups in total. The molecule has 0 bridgehead atoms. The maximum Gasteiger partial charge on any atom is 0.338 e. The summed E-state index contributed by atoms with van der Waals surface area (Å²) in [6.07, 6.45) is 1.75. The average Bonchev–Trinajstić information content (AvgIpc) is 3.47. The van der Waals surface area contributed by atoms with Crippen LogP contribution in [0.5, 0.6) is 23.0 Å². The van der Waals surface area contributed by atoms with Gasteiger partial charge >= 0.3 is 11.9 Å². The van der Waals surface area contributed by atoms with Gasteiger partial charge in [0.1, 0.15) is 6.61 Å². The average molecular weight is 833 g/mol. The SMILES string of the molecule is CCOC(=O)C1=C(c2ccccc2)N=c2s/c(=C\c3cc(I)c(OCc4cccc(C(=O)O)c4)c(OC)c3)c(=O)n2[C@@H]1c1ccc(OC)c(OC)c1. The van der Waals surface area contributed by atoms with E-state index in [1.165, 1.54) is 43.3 Å². The summed E-state index contributed by atoms with van der Waals surface area (Å²) in [6.45, 7) is 1.97. The molecule has 52 heavy (non-hydrogen) atoms. The van der Waals surface area contributed by atoms with E-state index in [2.05, 4.69) is 22.6 Å². The van der Waals surface area contributed by atoms with E-state index in [4.69, 9.17) is 28.7 Å². The van der Waals surface area contributed by atoms with Crippen LogP contribution >= 0.6 is 33.9 Å². The highest BCUT2D eigenvalue weighted by Gasteiger charge is 2.35. The highest BCUT2D eigenvalue weighted by atomic mass is 127. The van der Waals surface area contributed by atoms with E-state index in [1.807, 2.05) is 36.4 Å². The van der Waals surface area contributed by atoms with Crippen LogP contribution < -0.4 is 33.8 Å². The second kappa shape index (κ2) is 15.9. The number of ether oxygens (including phenoxy) is 5. The Balaban J connectivity index is 1.49. The minimum atomic E-state index is -1.02. The smallest absolute Gasteiger partial charge is 0.338 e. The van der Waals surface area contributed by atoms with E-state index in [0.717, 1.165) is 0 Å². The van der Waals surface area contributed by atoms with E-state index in [1.54, 1.807) is 55.5 Å². The first-order valence-electron chi connectivity index (χ1n) is 16.0. The molecule has 0 spiro atoms. The first-order chi connectivity index (χ1) is 25.2. The fraction of sp³-hybridized carbons (Fsp3) is 0.179. The lowest BCUT2D eigenvalue weighted by atomic mass is 9.93. The fourth-order valence-corrected chi connectivity index (χ4v) is 7.62. The molecule has 5 aromatic rings. The van der Waals surface area contributed by atoms with Gasteiger partial charge < -0.3 is 28.8 Å². The molecule has 13 heteroatoms. The van der Waals surface area contributed by atoms with Crippen molar-refractivity contribution in [1.29, 1.82) is 0 Å². The van der Waals surface area contributed by atoms with Crippen LogP contribution in [-0.2, 0) is 16.1 Å².